The van der Waals surface area contributed by atoms with Crippen LogP contribution in [-0.2, 0) is 27.5 Å². The van der Waals surface area contributed by atoms with Crippen molar-refractivity contribution in [1.29, 1.82) is 0 Å². The molecule has 1 fully saturated rings. The van der Waals surface area contributed by atoms with E-state index in [2.05, 4.69) is 41.7 Å². The molecule has 0 atom stereocenters. The Kier molecular flexibility index (Phi) is 5.04. The molecule has 0 radical (unpaired) electrons. The molecule has 1 N–H and O–H groups in total. The summed E-state index contributed by atoms with van der Waals surface area (Å²) in [4.78, 5) is 12.8. The van der Waals surface area contributed by atoms with Gasteiger partial charge < -0.3 is 5.32 Å². The van der Waals surface area contributed by atoms with E-state index in [4.69, 9.17) is 0 Å². The molecule has 0 spiro atoms. The molecule has 5 heteroatoms. The second-order valence-electron chi connectivity index (χ2n) is 7.65. The molecule has 0 unspecified atom stereocenters. The van der Waals surface area contributed by atoms with Crippen LogP contribution in [0.2, 0.25) is 0 Å². The molecule has 142 valence electrons. The van der Waals surface area contributed by atoms with Gasteiger partial charge in [0.15, 0.2) is 0 Å². The highest BCUT2D eigenvalue weighted by Gasteiger charge is 2.28. The fraction of sp³-hybridized carbons (Fsp3) is 0.409. The first-order chi connectivity index (χ1) is 13.0. The van der Waals surface area contributed by atoms with E-state index in [1.54, 1.807) is 0 Å². The maximum absolute atomic E-state index is 12.8. The Morgan fingerprint density at radius 3 is 1.96 bits per heavy atom. The zero-order valence-electron chi connectivity index (χ0n) is 15.4. The van der Waals surface area contributed by atoms with Gasteiger partial charge in [0.25, 0.3) is 0 Å². The second-order valence-corrected chi connectivity index (χ2v) is 9.95. The molecule has 0 aromatic heterocycles. The van der Waals surface area contributed by atoms with E-state index in [0.29, 0.717) is 19.3 Å². The smallest absolute Gasteiger partial charge is 0.221 e. The lowest BCUT2D eigenvalue weighted by Gasteiger charge is -2.25. The van der Waals surface area contributed by atoms with Crippen LogP contribution in [0.5, 0.6) is 0 Å². The van der Waals surface area contributed by atoms with Crippen LogP contribution in [0.1, 0.15) is 47.4 Å². The maximum Gasteiger partial charge on any atom is 0.221 e. The van der Waals surface area contributed by atoms with Gasteiger partial charge in [-0.1, -0.05) is 48.5 Å². The van der Waals surface area contributed by atoms with Crippen LogP contribution >= 0.6 is 0 Å². The van der Waals surface area contributed by atoms with E-state index in [9.17, 15) is 13.2 Å². The molecule has 2 aliphatic rings. The number of hydrogen-bond donors (Lipinski definition) is 1. The molecule has 4 rings (SSSR count). The topological polar surface area (TPSA) is 63.2 Å². The predicted molar refractivity (Wildman–Crippen MR) is 107 cm³/mol. The summed E-state index contributed by atoms with van der Waals surface area (Å²) in [5, 5.41) is 3.08. The van der Waals surface area contributed by atoms with E-state index in [1.807, 2.05) is 12.1 Å². The zero-order chi connectivity index (χ0) is 18.9. The van der Waals surface area contributed by atoms with Gasteiger partial charge in [0.05, 0.1) is 11.5 Å². The lowest BCUT2D eigenvalue weighted by Crippen LogP contribution is -2.41. The summed E-state index contributed by atoms with van der Waals surface area (Å²) in [6.45, 7) is 0. The number of nitrogens with one attached hydrogen (secondary N) is 1. The van der Waals surface area contributed by atoms with E-state index in [-0.39, 0.29) is 29.4 Å². The van der Waals surface area contributed by atoms with Crippen LogP contribution in [0.4, 0.5) is 0 Å². The highest BCUT2D eigenvalue weighted by molar-refractivity contribution is 7.91. The van der Waals surface area contributed by atoms with Gasteiger partial charge in [-0.15, -0.1) is 0 Å². The van der Waals surface area contributed by atoms with Crippen LogP contribution in [0, 0.1) is 0 Å². The lowest BCUT2D eigenvalue weighted by atomic mass is 9.85. The molecule has 2 aromatic carbocycles. The fourth-order valence-corrected chi connectivity index (χ4v) is 5.86. The number of fused-ring (bicyclic) bond motifs is 2. The Morgan fingerprint density at radius 2 is 1.41 bits per heavy atom. The summed E-state index contributed by atoms with van der Waals surface area (Å²) in [6, 6.07) is 16.8. The van der Waals surface area contributed by atoms with Crippen molar-refractivity contribution in [2.24, 2.45) is 0 Å². The zero-order valence-corrected chi connectivity index (χ0v) is 16.2. The first-order valence-corrected chi connectivity index (χ1v) is 11.5. The number of carbonyl (C=O) groups excluding carboxylic acids is 1. The molecule has 1 aliphatic heterocycles. The largest absolute Gasteiger partial charge is 0.353 e. The predicted octanol–water partition coefficient (Wildman–Crippen LogP) is 3.00. The molecule has 27 heavy (non-hydrogen) atoms. The number of rotatable bonds is 3. The van der Waals surface area contributed by atoms with Crippen LogP contribution < -0.4 is 5.32 Å². The molecule has 4 nitrogen and oxygen atoms in total. The molecular weight excluding hydrogens is 358 g/mol. The van der Waals surface area contributed by atoms with Gasteiger partial charge in [0, 0.05) is 18.4 Å². The Hall–Kier alpha value is -2.14. The summed E-state index contributed by atoms with van der Waals surface area (Å²) in [7, 11) is -2.91. The summed E-state index contributed by atoms with van der Waals surface area (Å²) in [6.07, 6.45) is 3.42. The molecule has 1 amide bonds. The summed E-state index contributed by atoms with van der Waals surface area (Å²) in [5.74, 6) is 0.406. The third-order valence-electron chi connectivity index (χ3n) is 5.83. The van der Waals surface area contributed by atoms with Crippen LogP contribution in [0.25, 0.3) is 0 Å². The van der Waals surface area contributed by atoms with Gasteiger partial charge in [-0.25, -0.2) is 8.42 Å². The highest BCUT2D eigenvalue weighted by atomic mass is 32.2. The quantitative estimate of drug-likeness (QED) is 0.886. The third-order valence-corrected chi connectivity index (χ3v) is 7.55. The number of benzene rings is 2. The minimum Gasteiger partial charge on any atom is -0.353 e. The van der Waals surface area contributed by atoms with Crippen molar-refractivity contribution in [3.05, 3.63) is 70.8 Å². The van der Waals surface area contributed by atoms with Crippen LogP contribution in [0.15, 0.2) is 48.5 Å². The Balaban J connectivity index is 1.55. The molecule has 0 saturated carbocycles. The summed E-state index contributed by atoms with van der Waals surface area (Å²) in [5.41, 5.74) is 5.11. The van der Waals surface area contributed by atoms with E-state index in [1.165, 1.54) is 22.3 Å². The van der Waals surface area contributed by atoms with E-state index in [0.717, 1.165) is 12.8 Å². The molecule has 2 aromatic rings. The van der Waals surface area contributed by atoms with Gasteiger partial charge in [-0.2, -0.15) is 0 Å². The molecular formula is C22H25NO3S. The van der Waals surface area contributed by atoms with Gasteiger partial charge in [-0.05, 0) is 47.9 Å². The van der Waals surface area contributed by atoms with Crippen molar-refractivity contribution in [3.63, 3.8) is 0 Å². The minimum absolute atomic E-state index is 0.0100. The third kappa shape index (κ3) is 4.08. The van der Waals surface area contributed by atoms with E-state index < -0.39 is 9.84 Å². The van der Waals surface area contributed by atoms with Gasteiger partial charge in [-0.3, -0.25) is 4.79 Å². The minimum atomic E-state index is -2.91. The van der Waals surface area contributed by atoms with Crippen molar-refractivity contribution in [2.75, 3.05) is 11.5 Å². The van der Waals surface area contributed by atoms with Crippen molar-refractivity contribution in [2.45, 2.75) is 44.1 Å². The molecule has 1 aliphatic carbocycles. The number of carbonyl (C=O) groups is 1. The Morgan fingerprint density at radius 1 is 0.889 bits per heavy atom. The average Bonchev–Trinajstić information content (AvgIpc) is 2.81. The number of aryl methyl sites for hydroxylation is 2. The first kappa shape index (κ1) is 18.2. The number of hydrogen-bond acceptors (Lipinski definition) is 3. The summed E-state index contributed by atoms with van der Waals surface area (Å²) >= 11 is 0. The van der Waals surface area contributed by atoms with E-state index >= 15 is 0 Å². The molecule has 0 bridgehead atoms. The monoisotopic (exact) mass is 383 g/mol. The summed E-state index contributed by atoms with van der Waals surface area (Å²) < 4.78 is 23.2. The average molecular weight is 384 g/mol. The highest BCUT2D eigenvalue weighted by Crippen LogP contribution is 2.36. The van der Waals surface area contributed by atoms with Crippen molar-refractivity contribution < 1.29 is 13.2 Å². The first-order valence-electron chi connectivity index (χ1n) is 9.67. The van der Waals surface area contributed by atoms with Gasteiger partial charge in [0.2, 0.25) is 5.91 Å². The molecule has 1 heterocycles. The van der Waals surface area contributed by atoms with Gasteiger partial charge in [0.1, 0.15) is 9.84 Å². The van der Waals surface area contributed by atoms with Crippen molar-refractivity contribution >= 4 is 15.7 Å². The van der Waals surface area contributed by atoms with Gasteiger partial charge >= 0.3 is 0 Å². The standard InChI is InChI=1S/C22H25NO3S/c24-22(23-18-11-13-27(25,26)14-12-18)15-21-19-7-3-1-5-16(19)9-10-17-6-2-4-8-20(17)21/h1-8,18,21H,9-15H2,(H,23,24). The van der Waals surface area contributed by atoms with Crippen molar-refractivity contribution in [3.8, 4) is 0 Å². The van der Waals surface area contributed by atoms with Crippen LogP contribution in [-0.4, -0.2) is 31.9 Å². The molecule has 1 saturated heterocycles. The Bertz CT molecular complexity index is 890. The second kappa shape index (κ2) is 7.47. The normalized spacial score (nSPS) is 19.6. The maximum atomic E-state index is 12.8. The fourth-order valence-electron chi connectivity index (χ4n) is 4.37. The lowest BCUT2D eigenvalue weighted by molar-refractivity contribution is -0.122. The SMILES string of the molecule is O=C(CC1c2ccccc2CCc2ccccc21)NC1CCS(=O)(=O)CC1. The van der Waals surface area contributed by atoms with Crippen LogP contribution in [0.3, 0.4) is 0 Å². The number of amides is 1. The number of sulfone groups is 1. The van der Waals surface area contributed by atoms with Crippen molar-refractivity contribution in [1.82, 2.24) is 5.32 Å². The Labute approximate surface area is 160 Å².